The summed E-state index contributed by atoms with van der Waals surface area (Å²) in [5.74, 6) is -13.4. The Morgan fingerprint density at radius 3 is 0.545 bits per heavy atom. The monoisotopic (exact) mass is 810 g/mol. The Hall–Kier alpha value is -1.00. The van der Waals surface area contributed by atoms with Gasteiger partial charge in [0, 0.05) is 0 Å². The summed E-state index contributed by atoms with van der Waals surface area (Å²) >= 11 is 0. The minimum Gasteiger partial charge on any atom is -0.394 e. The molecule has 0 amide bonds. The van der Waals surface area contributed by atoms with Crippen molar-refractivity contribution in [1.29, 1.82) is 0 Å². The number of ether oxygens (including phenoxy) is 10. The average Bonchev–Trinajstić information content (AvgIpc) is 3.85. The standard InChI is InChI=1S/C30H50O25/c31-1-11-16(36)21(41)26(51-11)6-47-28(23(43)18(38)13(3-33)53-28)8-49-30(25(45)20(40)15(5-35)55-30)10-50-29(24(44)19(39)14(4-34)54-29)9-48-27(7-46-26)22(42)17(37)12(2-32)52-27/h11-25,31-45H,1-10H2/t11-,12-,13-,14-,15-,16-,17-,18-,19-,20-,21+,22+,23+,24+,25+,26?,27?,28?,29?,30?/m1/s1. The van der Waals surface area contributed by atoms with Gasteiger partial charge < -0.3 is 124 Å². The number of aliphatic hydroxyl groups excluding tert-OH is 15. The molecule has 320 valence electrons. The van der Waals surface area contributed by atoms with E-state index in [0.717, 1.165) is 0 Å². The van der Waals surface area contributed by atoms with E-state index in [1.54, 1.807) is 0 Å². The van der Waals surface area contributed by atoms with Crippen molar-refractivity contribution >= 4 is 0 Å². The summed E-state index contributed by atoms with van der Waals surface area (Å²) in [4.78, 5) is 0. The molecule has 20 atom stereocenters. The maximum absolute atomic E-state index is 11.3. The Bertz CT molecular complexity index is 1050. The van der Waals surface area contributed by atoms with Crippen LogP contribution in [0.25, 0.3) is 0 Å². The van der Waals surface area contributed by atoms with Crippen LogP contribution >= 0.6 is 0 Å². The smallest absolute Gasteiger partial charge is 0.222 e. The summed E-state index contributed by atoms with van der Waals surface area (Å²) in [5.41, 5.74) is 0. The number of hydrogen-bond donors (Lipinski definition) is 15. The molecule has 0 saturated carbocycles. The second-order valence-electron chi connectivity index (χ2n) is 14.4. The maximum atomic E-state index is 11.3. The fourth-order valence-corrected chi connectivity index (χ4v) is 7.54. The van der Waals surface area contributed by atoms with Crippen LogP contribution < -0.4 is 0 Å². The Labute approximate surface area is 310 Å². The fraction of sp³-hybridized carbons (Fsp3) is 1.00. The lowest BCUT2D eigenvalue weighted by Gasteiger charge is -2.41. The lowest BCUT2D eigenvalue weighted by Crippen LogP contribution is -2.59. The molecule has 6 aliphatic heterocycles. The zero-order valence-electron chi connectivity index (χ0n) is 29.0. The zero-order valence-corrected chi connectivity index (χ0v) is 29.0. The first-order valence-electron chi connectivity index (χ1n) is 17.4. The largest absolute Gasteiger partial charge is 0.394 e. The van der Waals surface area contributed by atoms with Gasteiger partial charge >= 0.3 is 0 Å². The third kappa shape index (κ3) is 7.13. The SMILES string of the molecule is OC[C@H]1OC2(COC3(COC4(COC5(COC6(CO2)O[C@H](CO)[C@@H](O)[C@@H]6O)O[C@H](CO)[C@@H](O)[C@@H]5O)O[C@H](CO)[C@@H](O)[C@@H]4O)O[C@H](CO)[C@@H](O)[C@@H]3O)[C@@H](O)[C@@H]1O. The molecule has 0 bridgehead atoms. The molecule has 6 aliphatic rings. The minimum absolute atomic E-state index is 0.927. The van der Waals surface area contributed by atoms with Crippen LogP contribution in [0.2, 0.25) is 0 Å². The minimum atomic E-state index is -2.68. The van der Waals surface area contributed by atoms with E-state index in [-0.39, 0.29) is 0 Å². The van der Waals surface area contributed by atoms with E-state index in [4.69, 9.17) is 47.4 Å². The van der Waals surface area contributed by atoms with Gasteiger partial charge in [0.05, 0.1) is 33.0 Å². The molecule has 25 nitrogen and oxygen atoms in total. The molecule has 0 aromatic carbocycles. The molecule has 55 heavy (non-hydrogen) atoms. The first-order valence-corrected chi connectivity index (χ1v) is 17.4. The van der Waals surface area contributed by atoms with Crippen LogP contribution in [0.15, 0.2) is 0 Å². The molecule has 0 aliphatic carbocycles. The molecule has 0 radical (unpaired) electrons. The predicted octanol–water partition coefficient (Wildman–Crippen LogP) is -10.9. The molecular formula is C30H50O25. The molecule has 5 unspecified atom stereocenters. The Morgan fingerprint density at radius 2 is 0.436 bits per heavy atom. The van der Waals surface area contributed by atoms with E-state index >= 15 is 0 Å². The van der Waals surface area contributed by atoms with Crippen molar-refractivity contribution in [2.24, 2.45) is 0 Å². The highest BCUT2D eigenvalue weighted by Gasteiger charge is 2.67. The summed E-state index contributed by atoms with van der Waals surface area (Å²) in [5, 5.41) is 160. The second kappa shape index (κ2) is 16.2. The molecule has 15 N–H and O–H groups in total. The first kappa shape index (κ1) is 43.6. The van der Waals surface area contributed by atoms with Crippen molar-refractivity contribution in [1.82, 2.24) is 0 Å². The first-order chi connectivity index (χ1) is 26.0. The summed E-state index contributed by atoms with van der Waals surface area (Å²) in [6, 6.07) is 0. The molecule has 6 heterocycles. The third-order valence-electron chi connectivity index (χ3n) is 11.0. The molecule has 25 heteroatoms. The molecule has 0 aromatic heterocycles. The third-order valence-corrected chi connectivity index (χ3v) is 11.0. The highest BCUT2D eigenvalue weighted by atomic mass is 16.8. The van der Waals surface area contributed by atoms with Gasteiger partial charge in [-0.3, -0.25) is 0 Å². The van der Waals surface area contributed by atoms with Gasteiger partial charge in [-0.1, -0.05) is 0 Å². The average molecular weight is 811 g/mol. The van der Waals surface area contributed by atoms with Gasteiger partial charge in [0.25, 0.3) is 0 Å². The van der Waals surface area contributed by atoms with Crippen molar-refractivity contribution in [2.45, 2.75) is 120 Å². The second-order valence-corrected chi connectivity index (χ2v) is 14.4. The zero-order chi connectivity index (χ0) is 40.3. The number of hydrogen-bond acceptors (Lipinski definition) is 25. The molecule has 6 rings (SSSR count). The van der Waals surface area contributed by atoms with Crippen LogP contribution in [-0.2, 0) is 47.4 Å². The molecule has 6 fully saturated rings. The lowest BCUT2D eigenvalue weighted by molar-refractivity contribution is -0.374. The van der Waals surface area contributed by atoms with E-state index in [1.807, 2.05) is 0 Å². The summed E-state index contributed by atoms with van der Waals surface area (Å²) in [6.07, 6.45) is -28.5. The Kier molecular flexibility index (Phi) is 12.9. The topological polar surface area (TPSA) is 396 Å². The van der Waals surface area contributed by atoms with E-state index in [0.29, 0.717) is 0 Å². The van der Waals surface area contributed by atoms with E-state index in [9.17, 15) is 76.6 Å². The quantitative estimate of drug-likeness (QED) is 0.123. The number of aliphatic hydroxyl groups is 15. The van der Waals surface area contributed by atoms with Crippen LogP contribution in [-0.4, -0.2) is 263 Å². The van der Waals surface area contributed by atoms with E-state index in [2.05, 4.69) is 0 Å². The van der Waals surface area contributed by atoms with E-state index < -0.39 is 187 Å². The molecular weight excluding hydrogens is 760 g/mol. The van der Waals surface area contributed by atoms with Crippen molar-refractivity contribution in [3.63, 3.8) is 0 Å². The van der Waals surface area contributed by atoms with Gasteiger partial charge in [-0.2, -0.15) is 0 Å². The van der Waals surface area contributed by atoms with Crippen molar-refractivity contribution in [3.05, 3.63) is 0 Å². The van der Waals surface area contributed by atoms with Gasteiger partial charge in [-0.15, -0.1) is 0 Å². The normalized spacial score (nSPS) is 55.4. The highest BCUT2D eigenvalue weighted by Crippen LogP contribution is 2.45. The summed E-state index contributed by atoms with van der Waals surface area (Å²) in [6.45, 7) is -10.3. The van der Waals surface area contributed by atoms with Gasteiger partial charge in [0.2, 0.25) is 28.9 Å². The van der Waals surface area contributed by atoms with Crippen molar-refractivity contribution in [2.75, 3.05) is 66.1 Å². The van der Waals surface area contributed by atoms with Crippen LogP contribution in [0.5, 0.6) is 0 Å². The molecule has 0 aromatic rings. The molecule has 6 saturated heterocycles. The Balaban J connectivity index is 1.49. The predicted molar refractivity (Wildman–Crippen MR) is 163 cm³/mol. The summed E-state index contributed by atoms with van der Waals surface area (Å²) in [7, 11) is 0. The summed E-state index contributed by atoms with van der Waals surface area (Å²) < 4.78 is 58.2. The lowest BCUT2D eigenvalue weighted by atomic mass is 10.0. The highest BCUT2D eigenvalue weighted by molar-refractivity contribution is 5.06. The number of rotatable bonds is 5. The van der Waals surface area contributed by atoms with E-state index in [1.165, 1.54) is 0 Å². The molecule has 5 spiro atoms. The van der Waals surface area contributed by atoms with Gasteiger partial charge in [-0.25, -0.2) is 0 Å². The van der Waals surface area contributed by atoms with Crippen LogP contribution in [0.4, 0.5) is 0 Å². The van der Waals surface area contributed by atoms with Crippen LogP contribution in [0.3, 0.4) is 0 Å². The van der Waals surface area contributed by atoms with Gasteiger partial charge in [-0.05, 0) is 0 Å². The van der Waals surface area contributed by atoms with Crippen molar-refractivity contribution < 1.29 is 124 Å². The van der Waals surface area contributed by atoms with Crippen LogP contribution in [0.1, 0.15) is 0 Å². The van der Waals surface area contributed by atoms with Gasteiger partial charge in [0.1, 0.15) is 125 Å². The maximum Gasteiger partial charge on any atom is 0.222 e. The van der Waals surface area contributed by atoms with Crippen LogP contribution in [0, 0.1) is 0 Å². The van der Waals surface area contributed by atoms with Crippen molar-refractivity contribution in [3.8, 4) is 0 Å². The van der Waals surface area contributed by atoms with Gasteiger partial charge in [0.15, 0.2) is 0 Å². The Morgan fingerprint density at radius 1 is 0.291 bits per heavy atom. The fourth-order valence-electron chi connectivity index (χ4n) is 7.54.